The number of nitriles is 1. The molecule has 1 N–H and O–H groups in total. The van der Waals surface area contributed by atoms with Gasteiger partial charge in [-0.2, -0.15) is 5.26 Å². The molecule has 0 aliphatic rings. The number of nitrogens with zero attached hydrogens (tertiary/aromatic N) is 1. The Hall–Kier alpha value is -2.78. The summed E-state index contributed by atoms with van der Waals surface area (Å²) >= 11 is 15.4. The lowest BCUT2D eigenvalue weighted by atomic mass is 10.1. The van der Waals surface area contributed by atoms with Gasteiger partial charge in [-0.25, -0.2) is 0 Å². The second-order valence-corrected chi connectivity index (χ2v) is 7.99. The van der Waals surface area contributed by atoms with Crippen molar-refractivity contribution in [3.63, 3.8) is 0 Å². The second kappa shape index (κ2) is 10.3. The minimum atomic E-state index is -0.487. The van der Waals surface area contributed by atoms with E-state index in [0.717, 1.165) is 10.0 Å². The lowest BCUT2D eigenvalue weighted by molar-refractivity contribution is -0.112. The summed E-state index contributed by atoms with van der Waals surface area (Å²) < 4.78 is 6.69. The molecule has 4 nitrogen and oxygen atoms in total. The van der Waals surface area contributed by atoms with E-state index in [2.05, 4.69) is 21.2 Å². The first-order valence-electron chi connectivity index (χ1n) is 8.80. The summed E-state index contributed by atoms with van der Waals surface area (Å²) in [7, 11) is 0. The zero-order valence-corrected chi connectivity index (χ0v) is 18.6. The molecule has 0 atom stereocenters. The van der Waals surface area contributed by atoms with Crippen molar-refractivity contribution < 1.29 is 9.53 Å². The van der Waals surface area contributed by atoms with Gasteiger partial charge in [0, 0.05) is 25.8 Å². The normalized spacial score (nSPS) is 10.9. The maximum Gasteiger partial charge on any atom is 0.266 e. The van der Waals surface area contributed by atoms with Crippen LogP contribution in [0.3, 0.4) is 0 Å². The highest BCUT2D eigenvalue weighted by molar-refractivity contribution is 9.10. The largest absolute Gasteiger partial charge is 0.489 e. The Morgan fingerprint density at radius 2 is 1.87 bits per heavy atom. The second-order valence-electron chi connectivity index (χ2n) is 6.23. The van der Waals surface area contributed by atoms with Crippen molar-refractivity contribution in [2.45, 2.75) is 6.61 Å². The molecule has 0 saturated carbocycles. The van der Waals surface area contributed by atoms with Gasteiger partial charge in [-0.3, -0.25) is 4.79 Å². The lowest BCUT2D eigenvalue weighted by Gasteiger charge is -2.09. The van der Waals surface area contributed by atoms with E-state index in [0.29, 0.717) is 27.0 Å². The zero-order valence-electron chi connectivity index (χ0n) is 15.5. The average Bonchev–Trinajstić information content (AvgIpc) is 2.73. The fourth-order valence-corrected chi connectivity index (χ4v) is 3.27. The molecule has 1 amide bonds. The van der Waals surface area contributed by atoms with Crippen LogP contribution in [0.4, 0.5) is 5.69 Å². The van der Waals surface area contributed by atoms with Gasteiger partial charge in [0.05, 0.1) is 0 Å². The van der Waals surface area contributed by atoms with Gasteiger partial charge >= 0.3 is 0 Å². The van der Waals surface area contributed by atoms with Gasteiger partial charge in [-0.1, -0.05) is 57.3 Å². The molecule has 3 rings (SSSR count). The number of carbonyl (C=O) groups is 1. The van der Waals surface area contributed by atoms with Crippen LogP contribution in [0.25, 0.3) is 6.08 Å². The number of ether oxygens (including phenoxy) is 1. The molecule has 0 radical (unpaired) electrons. The summed E-state index contributed by atoms with van der Waals surface area (Å²) in [5.41, 5.74) is 2.04. The third kappa shape index (κ3) is 6.11. The third-order valence-electron chi connectivity index (χ3n) is 4.05. The van der Waals surface area contributed by atoms with E-state index in [1.165, 1.54) is 6.08 Å². The number of halogens is 3. The van der Waals surface area contributed by atoms with Gasteiger partial charge in [0.1, 0.15) is 24.0 Å². The first-order chi connectivity index (χ1) is 14.4. The summed E-state index contributed by atoms with van der Waals surface area (Å²) in [6.07, 6.45) is 1.51. The molecular formula is C23H15BrCl2N2O2. The molecule has 0 bridgehead atoms. The molecule has 0 unspecified atom stereocenters. The van der Waals surface area contributed by atoms with Crippen LogP contribution in [0.15, 0.2) is 76.8 Å². The molecule has 0 heterocycles. The fraction of sp³-hybridized carbons (Fsp3) is 0.0435. The fourth-order valence-electron chi connectivity index (χ4n) is 2.54. The Morgan fingerprint density at radius 1 is 1.10 bits per heavy atom. The highest BCUT2D eigenvalue weighted by Gasteiger charge is 2.10. The predicted molar refractivity (Wildman–Crippen MR) is 124 cm³/mol. The molecule has 3 aromatic carbocycles. The number of hydrogen-bond donors (Lipinski definition) is 1. The monoisotopic (exact) mass is 500 g/mol. The van der Waals surface area contributed by atoms with Crippen LogP contribution in [0.1, 0.15) is 11.1 Å². The first-order valence-corrected chi connectivity index (χ1v) is 10.3. The molecule has 7 heteroatoms. The number of nitrogens with one attached hydrogen (secondary N) is 1. The minimum absolute atomic E-state index is 0.0178. The smallest absolute Gasteiger partial charge is 0.266 e. The van der Waals surface area contributed by atoms with Crippen LogP contribution in [0.5, 0.6) is 5.75 Å². The maximum atomic E-state index is 12.4. The van der Waals surface area contributed by atoms with E-state index in [9.17, 15) is 10.1 Å². The van der Waals surface area contributed by atoms with E-state index in [-0.39, 0.29) is 12.2 Å². The number of rotatable bonds is 6. The van der Waals surface area contributed by atoms with Gasteiger partial charge in [0.2, 0.25) is 0 Å². The van der Waals surface area contributed by atoms with E-state index in [1.807, 2.05) is 6.07 Å². The molecule has 0 aliphatic heterocycles. The van der Waals surface area contributed by atoms with Gasteiger partial charge in [-0.15, -0.1) is 0 Å². The highest BCUT2D eigenvalue weighted by atomic mass is 79.9. The SMILES string of the molecule is N#C/C(=C/c1cccc(OCc2ccc(Cl)cc2Cl)c1)C(=O)Nc1ccc(Br)cc1. The van der Waals surface area contributed by atoms with Crippen molar-refractivity contribution in [1.29, 1.82) is 5.26 Å². The van der Waals surface area contributed by atoms with Crippen LogP contribution in [0.2, 0.25) is 10.0 Å². The van der Waals surface area contributed by atoms with E-state index in [1.54, 1.807) is 66.7 Å². The van der Waals surface area contributed by atoms with Gasteiger partial charge < -0.3 is 10.1 Å². The van der Waals surface area contributed by atoms with Crippen LogP contribution in [-0.4, -0.2) is 5.91 Å². The van der Waals surface area contributed by atoms with Gasteiger partial charge in [0.25, 0.3) is 5.91 Å². The quantitative estimate of drug-likeness (QED) is 0.295. The van der Waals surface area contributed by atoms with Crippen molar-refractivity contribution in [3.8, 4) is 11.8 Å². The number of anilines is 1. The molecular weight excluding hydrogens is 487 g/mol. The zero-order chi connectivity index (χ0) is 21.5. The van der Waals surface area contributed by atoms with Crippen LogP contribution >= 0.6 is 39.1 Å². The number of hydrogen-bond acceptors (Lipinski definition) is 3. The summed E-state index contributed by atoms with van der Waals surface area (Å²) in [4.78, 5) is 12.4. The molecule has 3 aromatic rings. The lowest BCUT2D eigenvalue weighted by Crippen LogP contribution is -2.13. The predicted octanol–water partition coefficient (Wildman–Crippen LogP) is 6.88. The summed E-state index contributed by atoms with van der Waals surface area (Å²) in [6.45, 7) is 0.262. The summed E-state index contributed by atoms with van der Waals surface area (Å²) in [6, 6.07) is 21.3. The Bertz CT molecular complexity index is 1140. The molecule has 0 spiro atoms. The highest BCUT2D eigenvalue weighted by Crippen LogP contribution is 2.24. The topological polar surface area (TPSA) is 62.1 Å². The number of benzene rings is 3. The van der Waals surface area contributed by atoms with Crippen molar-refractivity contribution in [2.75, 3.05) is 5.32 Å². The molecule has 30 heavy (non-hydrogen) atoms. The van der Waals surface area contributed by atoms with Gasteiger partial charge in [0.15, 0.2) is 0 Å². The van der Waals surface area contributed by atoms with Crippen molar-refractivity contribution in [1.82, 2.24) is 0 Å². The van der Waals surface area contributed by atoms with Crippen molar-refractivity contribution in [2.24, 2.45) is 0 Å². The van der Waals surface area contributed by atoms with Crippen LogP contribution < -0.4 is 10.1 Å². The summed E-state index contributed by atoms with van der Waals surface area (Å²) in [5, 5.41) is 13.2. The van der Waals surface area contributed by atoms with Gasteiger partial charge in [-0.05, 0) is 60.2 Å². The Kier molecular flexibility index (Phi) is 7.53. The molecule has 0 aliphatic carbocycles. The summed E-state index contributed by atoms with van der Waals surface area (Å²) in [5.74, 6) is 0.0967. The molecule has 150 valence electrons. The number of carbonyl (C=O) groups excluding carboxylic acids is 1. The van der Waals surface area contributed by atoms with Crippen LogP contribution in [0, 0.1) is 11.3 Å². The third-order valence-corrected chi connectivity index (χ3v) is 5.16. The minimum Gasteiger partial charge on any atom is -0.489 e. The van der Waals surface area contributed by atoms with Crippen molar-refractivity contribution >= 4 is 56.8 Å². The van der Waals surface area contributed by atoms with Crippen molar-refractivity contribution in [3.05, 3.63) is 97.9 Å². The Morgan fingerprint density at radius 3 is 2.57 bits per heavy atom. The Balaban J connectivity index is 1.71. The molecule has 0 fully saturated rings. The first kappa shape index (κ1) is 21.9. The number of amides is 1. The van der Waals surface area contributed by atoms with E-state index >= 15 is 0 Å². The van der Waals surface area contributed by atoms with E-state index < -0.39 is 5.91 Å². The molecule has 0 saturated heterocycles. The maximum absolute atomic E-state index is 12.4. The Labute approximate surface area is 192 Å². The standard InChI is InChI=1S/C23H15BrCl2N2O2/c24-18-5-8-20(9-6-18)28-23(29)17(13-27)10-15-2-1-3-21(11-15)30-14-16-4-7-19(25)12-22(16)26/h1-12H,14H2,(H,28,29)/b17-10-. The van der Waals surface area contributed by atoms with Crippen LogP contribution in [-0.2, 0) is 11.4 Å². The molecule has 0 aromatic heterocycles. The van der Waals surface area contributed by atoms with E-state index in [4.69, 9.17) is 27.9 Å². The average molecular weight is 502 g/mol.